The molecule has 0 amide bonds. The van der Waals surface area contributed by atoms with Crippen LogP contribution in [-0.4, -0.2) is 16.9 Å². The molecule has 0 unspecified atom stereocenters. The third-order valence-corrected chi connectivity index (χ3v) is 4.01. The average molecular weight is 303 g/mol. The van der Waals surface area contributed by atoms with Crippen molar-refractivity contribution in [1.82, 2.24) is 0 Å². The lowest BCUT2D eigenvalue weighted by Crippen LogP contribution is -2.30. The molecule has 104 valence electrons. The predicted octanol–water partition coefficient (Wildman–Crippen LogP) is 4.00. The molecule has 1 N–H and O–H groups in total. The lowest BCUT2D eigenvalue weighted by atomic mass is 9.81. The summed E-state index contributed by atoms with van der Waals surface area (Å²) in [5, 5.41) is 9.96. The summed E-state index contributed by atoms with van der Waals surface area (Å²) in [5.41, 5.74) is -0.268. The van der Waals surface area contributed by atoms with Crippen LogP contribution in [-0.2, 0) is 16.0 Å². The fourth-order valence-electron chi connectivity index (χ4n) is 1.73. The minimum atomic E-state index is -1.01. The highest BCUT2D eigenvalue weighted by molar-refractivity contribution is 6.42. The summed E-state index contributed by atoms with van der Waals surface area (Å²) < 4.78 is 0. The van der Waals surface area contributed by atoms with Gasteiger partial charge >= 0.3 is 5.97 Å². The lowest BCUT2D eigenvalue weighted by Gasteiger charge is -2.21. The van der Waals surface area contributed by atoms with Gasteiger partial charge in [0.1, 0.15) is 5.78 Å². The van der Waals surface area contributed by atoms with Gasteiger partial charge in [0.05, 0.1) is 15.5 Å². The third kappa shape index (κ3) is 4.22. The van der Waals surface area contributed by atoms with Crippen LogP contribution in [0.15, 0.2) is 18.2 Å². The van der Waals surface area contributed by atoms with Crippen molar-refractivity contribution in [3.8, 4) is 0 Å². The van der Waals surface area contributed by atoms with Gasteiger partial charge in [-0.1, -0.05) is 36.2 Å². The number of Topliss-reactive ketones (excluding diaryl/α,β-unsaturated/α-hetero) is 1. The predicted molar refractivity (Wildman–Crippen MR) is 75.8 cm³/mol. The Morgan fingerprint density at radius 3 is 2.37 bits per heavy atom. The van der Waals surface area contributed by atoms with E-state index in [1.165, 1.54) is 0 Å². The summed E-state index contributed by atoms with van der Waals surface area (Å²) in [7, 11) is 0. The largest absolute Gasteiger partial charge is 0.481 e. The van der Waals surface area contributed by atoms with Crippen molar-refractivity contribution < 1.29 is 14.7 Å². The molecule has 0 saturated carbocycles. The highest BCUT2D eigenvalue weighted by Gasteiger charge is 2.33. The number of rotatable bonds is 6. The van der Waals surface area contributed by atoms with E-state index in [1.807, 2.05) is 0 Å². The van der Waals surface area contributed by atoms with E-state index in [1.54, 1.807) is 32.0 Å². The van der Waals surface area contributed by atoms with Gasteiger partial charge in [0.25, 0.3) is 0 Å². The van der Waals surface area contributed by atoms with Crippen molar-refractivity contribution in [3.05, 3.63) is 33.8 Å². The van der Waals surface area contributed by atoms with Gasteiger partial charge in [0.15, 0.2) is 0 Å². The third-order valence-electron chi connectivity index (χ3n) is 3.27. The number of hydrogen-bond acceptors (Lipinski definition) is 2. The molecular formula is C14H16Cl2O3. The molecule has 0 aliphatic heterocycles. The van der Waals surface area contributed by atoms with Crippen LogP contribution >= 0.6 is 23.2 Å². The summed E-state index contributed by atoms with van der Waals surface area (Å²) in [6.07, 6.45) is 0.592. The van der Waals surface area contributed by atoms with Crippen LogP contribution in [0, 0.1) is 5.41 Å². The normalized spacial score (nSPS) is 13.9. The van der Waals surface area contributed by atoms with Crippen LogP contribution in [0.5, 0.6) is 0 Å². The van der Waals surface area contributed by atoms with Crippen molar-refractivity contribution in [2.75, 3.05) is 0 Å². The van der Waals surface area contributed by atoms with Gasteiger partial charge in [-0.15, -0.1) is 0 Å². The van der Waals surface area contributed by atoms with E-state index in [2.05, 4.69) is 0 Å². The van der Waals surface area contributed by atoms with Gasteiger partial charge in [-0.05, 0) is 31.0 Å². The first-order valence-electron chi connectivity index (χ1n) is 5.97. The Labute approximate surface area is 122 Å². The highest BCUT2D eigenvalue weighted by atomic mass is 35.5. The maximum Gasteiger partial charge on any atom is 0.309 e. The number of carbonyl (C=O) groups excluding carboxylic acids is 1. The molecule has 0 bridgehead atoms. The Bertz CT molecular complexity index is 499. The monoisotopic (exact) mass is 302 g/mol. The molecule has 5 heteroatoms. The van der Waals surface area contributed by atoms with Crippen LogP contribution in [0.3, 0.4) is 0 Å². The van der Waals surface area contributed by atoms with Gasteiger partial charge in [-0.2, -0.15) is 0 Å². The number of benzene rings is 1. The minimum absolute atomic E-state index is 0.0130. The van der Waals surface area contributed by atoms with E-state index in [4.69, 9.17) is 28.3 Å². The van der Waals surface area contributed by atoms with Gasteiger partial charge in [0, 0.05) is 12.8 Å². The van der Waals surface area contributed by atoms with Gasteiger partial charge in [0.2, 0.25) is 0 Å². The molecule has 0 saturated heterocycles. The van der Waals surface area contributed by atoms with Crippen LogP contribution < -0.4 is 0 Å². The van der Waals surface area contributed by atoms with E-state index < -0.39 is 11.4 Å². The molecule has 0 radical (unpaired) electrons. The Morgan fingerprint density at radius 1 is 1.26 bits per heavy atom. The molecule has 1 aromatic carbocycles. The second-order valence-corrected chi connectivity index (χ2v) is 5.67. The summed E-state index contributed by atoms with van der Waals surface area (Å²) >= 11 is 11.7. The molecule has 1 aromatic rings. The van der Waals surface area contributed by atoms with Gasteiger partial charge in [-0.25, -0.2) is 0 Å². The molecule has 3 nitrogen and oxygen atoms in total. The summed E-state index contributed by atoms with van der Waals surface area (Å²) in [6, 6.07) is 4.98. The van der Waals surface area contributed by atoms with Gasteiger partial charge in [-0.3, -0.25) is 9.59 Å². The molecule has 0 aliphatic carbocycles. The molecule has 19 heavy (non-hydrogen) atoms. The smallest absolute Gasteiger partial charge is 0.309 e. The van der Waals surface area contributed by atoms with Crippen molar-refractivity contribution in [2.24, 2.45) is 5.41 Å². The zero-order valence-electron chi connectivity index (χ0n) is 10.9. The van der Waals surface area contributed by atoms with Crippen molar-refractivity contribution in [3.63, 3.8) is 0 Å². The van der Waals surface area contributed by atoms with Crippen molar-refractivity contribution in [1.29, 1.82) is 0 Å². The summed E-state index contributed by atoms with van der Waals surface area (Å²) in [6.45, 7) is 3.35. The maximum absolute atomic E-state index is 11.9. The molecule has 0 aliphatic rings. The number of halogens is 2. The summed E-state index contributed by atoms with van der Waals surface area (Å²) in [5.74, 6) is -1.07. The molecule has 1 rings (SSSR count). The number of ketones is 1. The molecule has 0 fully saturated rings. The van der Waals surface area contributed by atoms with Crippen molar-refractivity contribution >= 4 is 35.0 Å². The number of carboxylic acid groups (broad SMARTS) is 1. The van der Waals surface area contributed by atoms with Crippen LogP contribution in [0.1, 0.15) is 32.3 Å². The maximum atomic E-state index is 11.9. The van der Waals surface area contributed by atoms with Crippen molar-refractivity contribution in [2.45, 2.75) is 33.1 Å². The Kier molecular flexibility index (Phi) is 5.39. The number of aliphatic carboxylic acids is 1. The van der Waals surface area contributed by atoms with E-state index in [0.29, 0.717) is 16.5 Å². The van der Waals surface area contributed by atoms with E-state index in [-0.39, 0.29) is 18.6 Å². The number of carboxylic acids is 1. The SMILES string of the molecule is CC[C@@](C)(CC(=O)Cc1ccc(Cl)c(Cl)c1)C(=O)O. The average Bonchev–Trinajstić information content (AvgIpc) is 2.33. The van der Waals surface area contributed by atoms with E-state index >= 15 is 0 Å². The first-order valence-corrected chi connectivity index (χ1v) is 6.73. The Hall–Kier alpha value is -1.06. The molecular weight excluding hydrogens is 287 g/mol. The summed E-state index contributed by atoms with van der Waals surface area (Å²) in [4.78, 5) is 23.1. The van der Waals surface area contributed by atoms with Crippen LogP contribution in [0.2, 0.25) is 10.0 Å². The lowest BCUT2D eigenvalue weighted by molar-refractivity contribution is -0.150. The Morgan fingerprint density at radius 2 is 1.89 bits per heavy atom. The fourth-order valence-corrected chi connectivity index (χ4v) is 2.05. The number of hydrogen-bond donors (Lipinski definition) is 1. The van der Waals surface area contributed by atoms with E-state index in [9.17, 15) is 9.59 Å². The zero-order chi connectivity index (χ0) is 14.6. The Balaban J connectivity index is 2.75. The van der Waals surface area contributed by atoms with Crippen LogP contribution in [0.4, 0.5) is 0 Å². The highest BCUT2D eigenvalue weighted by Crippen LogP contribution is 2.28. The van der Waals surface area contributed by atoms with E-state index in [0.717, 1.165) is 5.56 Å². The second kappa shape index (κ2) is 6.40. The zero-order valence-corrected chi connectivity index (χ0v) is 12.4. The van der Waals surface area contributed by atoms with Crippen LogP contribution in [0.25, 0.3) is 0 Å². The number of carbonyl (C=O) groups is 2. The first-order chi connectivity index (χ1) is 8.78. The first kappa shape index (κ1) is 16.0. The second-order valence-electron chi connectivity index (χ2n) is 4.86. The quantitative estimate of drug-likeness (QED) is 0.864. The standard InChI is InChI=1S/C14H16Cl2O3/c1-3-14(2,13(18)19)8-10(17)6-9-4-5-11(15)12(16)7-9/h4-5,7H,3,6,8H2,1-2H3,(H,18,19)/t14-/m0/s1. The molecule has 0 spiro atoms. The molecule has 1 atom stereocenters. The molecule has 0 heterocycles. The molecule has 0 aromatic heterocycles. The van der Waals surface area contributed by atoms with Gasteiger partial charge < -0.3 is 5.11 Å². The minimum Gasteiger partial charge on any atom is -0.481 e. The topological polar surface area (TPSA) is 54.4 Å². The fraction of sp³-hybridized carbons (Fsp3) is 0.429.